The van der Waals surface area contributed by atoms with Crippen molar-refractivity contribution < 1.29 is 13.6 Å². The van der Waals surface area contributed by atoms with Crippen LogP contribution in [0.3, 0.4) is 0 Å². The van der Waals surface area contributed by atoms with E-state index in [-0.39, 0.29) is 5.56 Å². The number of carbonyl (C=O) groups is 1. The normalized spacial score (nSPS) is 15.5. The lowest BCUT2D eigenvalue weighted by Gasteiger charge is -2.23. The summed E-state index contributed by atoms with van der Waals surface area (Å²) in [5, 5.41) is 2.62. The summed E-state index contributed by atoms with van der Waals surface area (Å²) in [6.07, 6.45) is 2.65. The molecule has 1 aromatic heterocycles. The molecule has 1 aliphatic heterocycles. The molecule has 7 heteroatoms. The average molecular weight is 388 g/mol. The van der Waals surface area contributed by atoms with Gasteiger partial charge in [-0.25, -0.2) is 13.8 Å². The molecule has 1 aliphatic rings. The zero-order valence-electron chi connectivity index (χ0n) is 16.3. The standard InChI is InChI=1S/C21H26F2N4O/c1-15(2)14-26-6-3-7-27(9-8-26)20-5-4-19(13-24-20)25-21(28)16-10-17(22)12-18(23)11-16/h4-5,10-13,15H,3,6-9,14H2,1-2H3,(H,25,28). The van der Waals surface area contributed by atoms with Crippen LogP contribution in [0.15, 0.2) is 36.5 Å². The van der Waals surface area contributed by atoms with Gasteiger partial charge in [-0.3, -0.25) is 4.79 Å². The van der Waals surface area contributed by atoms with Gasteiger partial charge in [-0.15, -0.1) is 0 Å². The second kappa shape index (κ2) is 9.10. The number of carbonyl (C=O) groups excluding carboxylic acids is 1. The molecule has 1 amide bonds. The first-order valence-corrected chi connectivity index (χ1v) is 9.61. The molecule has 0 unspecified atom stereocenters. The molecular weight excluding hydrogens is 362 g/mol. The van der Waals surface area contributed by atoms with Crippen molar-refractivity contribution in [2.45, 2.75) is 20.3 Å². The van der Waals surface area contributed by atoms with Crippen molar-refractivity contribution in [1.82, 2.24) is 9.88 Å². The number of benzene rings is 1. The highest BCUT2D eigenvalue weighted by molar-refractivity contribution is 6.04. The average Bonchev–Trinajstić information content (AvgIpc) is 2.86. The van der Waals surface area contributed by atoms with Crippen molar-refractivity contribution in [1.29, 1.82) is 0 Å². The fourth-order valence-corrected chi connectivity index (χ4v) is 3.43. The lowest BCUT2D eigenvalue weighted by atomic mass is 10.2. The van der Waals surface area contributed by atoms with Crippen LogP contribution in [0.4, 0.5) is 20.3 Å². The third kappa shape index (κ3) is 5.48. The summed E-state index contributed by atoms with van der Waals surface area (Å²) >= 11 is 0. The Labute approximate surface area is 164 Å². The summed E-state index contributed by atoms with van der Waals surface area (Å²) in [4.78, 5) is 21.4. The quantitative estimate of drug-likeness (QED) is 0.847. The molecule has 3 rings (SSSR count). The highest BCUT2D eigenvalue weighted by Gasteiger charge is 2.17. The van der Waals surface area contributed by atoms with Crippen molar-refractivity contribution >= 4 is 17.4 Å². The maximum absolute atomic E-state index is 13.3. The van der Waals surface area contributed by atoms with Crippen molar-refractivity contribution in [2.75, 3.05) is 42.9 Å². The maximum atomic E-state index is 13.3. The largest absolute Gasteiger partial charge is 0.355 e. The number of nitrogens with zero attached hydrogens (tertiary/aromatic N) is 3. The molecule has 1 saturated heterocycles. The minimum atomic E-state index is -0.786. The SMILES string of the molecule is CC(C)CN1CCCN(c2ccc(NC(=O)c3cc(F)cc(F)c3)cn2)CC1. The van der Waals surface area contributed by atoms with Gasteiger partial charge >= 0.3 is 0 Å². The van der Waals surface area contributed by atoms with E-state index < -0.39 is 17.5 Å². The Morgan fingerprint density at radius 3 is 2.50 bits per heavy atom. The molecule has 1 aromatic carbocycles. The van der Waals surface area contributed by atoms with Gasteiger partial charge in [0.15, 0.2) is 0 Å². The van der Waals surface area contributed by atoms with E-state index in [2.05, 4.69) is 33.9 Å². The smallest absolute Gasteiger partial charge is 0.255 e. The molecule has 0 aliphatic carbocycles. The van der Waals surface area contributed by atoms with Crippen LogP contribution in [0.1, 0.15) is 30.6 Å². The highest BCUT2D eigenvalue weighted by Crippen LogP contribution is 2.18. The summed E-state index contributed by atoms with van der Waals surface area (Å²) in [5.41, 5.74) is 0.411. The zero-order valence-corrected chi connectivity index (χ0v) is 16.3. The molecule has 0 saturated carbocycles. The van der Waals surface area contributed by atoms with Gasteiger partial charge in [0, 0.05) is 37.8 Å². The number of halogens is 2. The number of hydrogen-bond acceptors (Lipinski definition) is 4. The molecule has 0 bridgehead atoms. The lowest BCUT2D eigenvalue weighted by Crippen LogP contribution is -2.33. The Morgan fingerprint density at radius 2 is 1.86 bits per heavy atom. The molecule has 2 aromatic rings. The first kappa shape index (κ1) is 20.2. The molecule has 5 nitrogen and oxygen atoms in total. The molecule has 1 N–H and O–H groups in total. The van der Waals surface area contributed by atoms with E-state index in [9.17, 15) is 13.6 Å². The Morgan fingerprint density at radius 1 is 1.11 bits per heavy atom. The molecular formula is C21H26F2N4O. The van der Waals surface area contributed by atoms with Crippen LogP contribution in [-0.2, 0) is 0 Å². The van der Waals surface area contributed by atoms with E-state index in [4.69, 9.17) is 0 Å². The fraction of sp³-hybridized carbons (Fsp3) is 0.429. The number of anilines is 2. The van der Waals surface area contributed by atoms with E-state index >= 15 is 0 Å². The predicted octanol–water partition coefficient (Wildman–Crippen LogP) is 3.78. The second-order valence-electron chi connectivity index (χ2n) is 7.55. The highest BCUT2D eigenvalue weighted by atomic mass is 19.1. The third-order valence-corrected chi connectivity index (χ3v) is 4.67. The van der Waals surface area contributed by atoms with Gasteiger partial charge in [0.1, 0.15) is 17.5 Å². The van der Waals surface area contributed by atoms with Crippen LogP contribution in [0.25, 0.3) is 0 Å². The second-order valence-corrected chi connectivity index (χ2v) is 7.55. The molecule has 0 radical (unpaired) electrons. The molecule has 150 valence electrons. The summed E-state index contributed by atoms with van der Waals surface area (Å²) in [7, 11) is 0. The fourth-order valence-electron chi connectivity index (χ4n) is 3.43. The van der Waals surface area contributed by atoms with Crippen LogP contribution in [0, 0.1) is 17.6 Å². The Hall–Kier alpha value is -2.54. The van der Waals surface area contributed by atoms with E-state index in [1.54, 1.807) is 12.3 Å². The molecule has 28 heavy (non-hydrogen) atoms. The van der Waals surface area contributed by atoms with Gasteiger partial charge in [0.2, 0.25) is 0 Å². The molecule has 0 atom stereocenters. The number of amides is 1. The molecule has 1 fully saturated rings. The monoisotopic (exact) mass is 388 g/mol. The maximum Gasteiger partial charge on any atom is 0.255 e. The Balaban J connectivity index is 1.61. The zero-order chi connectivity index (χ0) is 20.1. The van der Waals surface area contributed by atoms with Gasteiger partial charge in [-0.1, -0.05) is 13.8 Å². The summed E-state index contributed by atoms with van der Waals surface area (Å²) in [6, 6.07) is 6.35. The van der Waals surface area contributed by atoms with Crippen LogP contribution in [0.5, 0.6) is 0 Å². The van der Waals surface area contributed by atoms with Crippen molar-refractivity contribution in [2.24, 2.45) is 5.92 Å². The van der Waals surface area contributed by atoms with Crippen molar-refractivity contribution in [3.63, 3.8) is 0 Å². The Kier molecular flexibility index (Phi) is 6.57. The first-order chi connectivity index (χ1) is 13.4. The van der Waals surface area contributed by atoms with Gasteiger partial charge in [0.05, 0.1) is 11.9 Å². The number of hydrogen-bond donors (Lipinski definition) is 1. The van der Waals surface area contributed by atoms with Crippen molar-refractivity contribution in [3.8, 4) is 0 Å². The van der Waals surface area contributed by atoms with Crippen LogP contribution in [-0.4, -0.2) is 48.5 Å². The minimum Gasteiger partial charge on any atom is -0.355 e. The van der Waals surface area contributed by atoms with Gasteiger partial charge in [0.25, 0.3) is 5.91 Å². The number of nitrogens with one attached hydrogen (secondary N) is 1. The number of rotatable bonds is 5. The van der Waals surface area contributed by atoms with Crippen LogP contribution < -0.4 is 10.2 Å². The predicted molar refractivity (Wildman–Crippen MR) is 107 cm³/mol. The van der Waals surface area contributed by atoms with Gasteiger partial charge in [-0.05, 0) is 43.1 Å². The van der Waals surface area contributed by atoms with Crippen molar-refractivity contribution in [3.05, 3.63) is 53.7 Å². The summed E-state index contributed by atoms with van der Waals surface area (Å²) in [5.74, 6) is -0.634. The molecule has 0 spiro atoms. The molecule has 2 heterocycles. The van der Waals surface area contributed by atoms with E-state index in [1.165, 1.54) is 0 Å². The minimum absolute atomic E-state index is 0.0701. The van der Waals surface area contributed by atoms with Gasteiger partial charge < -0.3 is 15.1 Å². The summed E-state index contributed by atoms with van der Waals surface area (Å²) < 4.78 is 26.6. The Bertz CT molecular complexity index is 790. The van der Waals surface area contributed by atoms with E-state index in [0.717, 1.165) is 63.2 Å². The van der Waals surface area contributed by atoms with Crippen LogP contribution >= 0.6 is 0 Å². The van der Waals surface area contributed by atoms with E-state index in [1.807, 2.05) is 6.07 Å². The third-order valence-electron chi connectivity index (χ3n) is 4.67. The van der Waals surface area contributed by atoms with Gasteiger partial charge in [-0.2, -0.15) is 0 Å². The number of pyridine rings is 1. The first-order valence-electron chi connectivity index (χ1n) is 9.61. The topological polar surface area (TPSA) is 48.5 Å². The van der Waals surface area contributed by atoms with Crippen LogP contribution in [0.2, 0.25) is 0 Å². The lowest BCUT2D eigenvalue weighted by molar-refractivity contribution is 0.102. The summed E-state index contributed by atoms with van der Waals surface area (Å²) in [6.45, 7) is 9.51. The van der Waals surface area contributed by atoms with E-state index in [0.29, 0.717) is 11.6 Å². The number of aromatic nitrogens is 1.